The summed E-state index contributed by atoms with van der Waals surface area (Å²) < 4.78 is 2.07. The zero-order valence-corrected chi connectivity index (χ0v) is 11.9. The highest BCUT2D eigenvalue weighted by molar-refractivity contribution is 4.92. The molecule has 0 saturated heterocycles. The molecule has 0 bridgehead atoms. The van der Waals surface area contributed by atoms with Crippen LogP contribution in [-0.2, 0) is 6.42 Å². The standard InChI is InChI=1S/C14H26N4/c1-11(2)18-14(16-10-17-18)8-12-6-4-5-7-13(12)9-15-3/h10-13,15H,4-9H2,1-3H3. The molecule has 2 unspecified atom stereocenters. The van der Waals surface area contributed by atoms with Gasteiger partial charge >= 0.3 is 0 Å². The Morgan fingerprint density at radius 2 is 2.06 bits per heavy atom. The van der Waals surface area contributed by atoms with Crippen molar-refractivity contribution < 1.29 is 0 Å². The second-order valence-electron chi connectivity index (χ2n) is 5.78. The van der Waals surface area contributed by atoms with E-state index in [1.54, 1.807) is 6.33 Å². The van der Waals surface area contributed by atoms with E-state index in [0.717, 1.165) is 30.6 Å². The van der Waals surface area contributed by atoms with Gasteiger partial charge in [-0.25, -0.2) is 9.67 Å². The van der Waals surface area contributed by atoms with Crippen molar-refractivity contribution in [1.82, 2.24) is 20.1 Å². The van der Waals surface area contributed by atoms with Crippen molar-refractivity contribution in [2.24, 2.45) is 11.8 Å². The van der Waals surface area contributed by atoms with Crippen LogP contribution in [0.1, 0.15) is 51.4 Å². The third kappa shape index (κ3) is 3.10. The fourth-order valence-corrected chi connectivity index (χ4v) is 3.17. The van der Waals surface area contributed by atoms with Crippen LogP contribution < -0.4 is 5.32 Å². The number of rotatable bonds is 5. The second-order valence-corrected chi connectivity index (χ2v) is 5.78. The lowest BCUT2D eigenvalue weighted by Crippen LogP contribution is -2.30. The summed E-state index contributed by atoms with van der Waals surface area (Å²) >= 11 is 0. The third-order valence-corrected chi connectivity index (χ3v) is 4.11. The van der Waals surface area contributed by atoms with Gasteiger partial charge in [0, 0.05) is 12.5 Å². The van der Waals surface area contributed by atoms with E-state index in [9.17, 15) is 0 Å². The Morgan fingerprint density at radius 3 is 2.72 bits per heavy atom. The van der Waals surface area contributed by atoms with Crippen LogP contribution in [0, 0.1) is 11.8 Å². The van der Waals surface area contributed by atoms with Gasteiger partial charge in [-0.1, -0.05) is 12.8 Å². The van der Waals surface area contributed by atoms with Crippen molar-refractivity contribution in [3.8, 4) is 0 Å². The van der Waals surface area contributed by atoms with Gasteiger partial charge in [-0.05, 0) is 52.1 Å². The highest BCUT2D eigenvalue weighted by Crippen LogP contribution is 2.32. The maximum Gasteiger partial charge on any atom is 0.138 e. The van der Waals surface area contributed by atoms with Gasteiger partial charge in [-0.2, -0.15) is 5.10 Å². The highest BCUT2D eigenvalue weighted by Gasteiger charge is 2.26. The lowest BCUT2D eigenvalue weighted by Gasteiger charge is -2.31. The van der Waals surface area contributed by atoms with E-state index in [1.165, 1.54) is 25.7 Å². The van der Waals surface area contributed by atoms with E-state index in [1.807, 2.05) is 0 Å². The van der Waals surface area contributed by atoms with Gasteiger partial charge in [0.05, 0.1) is 0 Å². The fraction of sp³-hybridized carbons (Fsp3) is 0.857. The Labute approximate surface area is 110 Å². The summed E-state index contributed by atoms with van der Waals surface area (Å²) in [6, 6.07) is 0.411. The van der Waals surface area contributed by atoms with Crippen molar-refractivity contribution in [2.45, 2.75) is 52.0 Å². The van der Waals surface area contributed by atoms with Crippen molar-refractivity contribution in [3.05, 3.63) is 12.2 Å². The monoisotopic (exact) mass is 250 g/mol. The molecule has 0 spiro atoms. The molecular formula is C14H26N4. The van der Waals surface area contributed by atoms with Crippen molar-refractivity contribution in [1.29, 1.82) is 0 Å². The zero-order chi connectivity index (χ0) is 13.0. The van der Waals surface area contributed by atoms with Crippen LogP contribution >= 0.6 is 0 Å². The van der Waals surface area contributed by atoms with Crippen LogP contribution in [0.25, 0.3) is 0 Å². The van der Waals surface area contributed by atoms with E-state index < -0.39 is 0 Å². The Morgan fingerprint density at radius 1 is 1.33 bits per heavy atom. The molecule has 0 aromatic carbocycles. The van der Waals surface area contributed by atoms with E-state index in [0.29, 0.717) is 6.04 Å². The highest BCUT2D eigenvalue weighted by atomic mass is 15.3. The largest absolute Gasteiger partial charge is 0.319 e. The molecule has 0 radical (unpaired) electrons. The lowest BCUT2D eigenvalue weighted by molar-refractivity contribution is 0.226. The van der Waals surface area contributed by atoms with Crippen LogP contribution in [0.2, 0.25) is 0 Å². The molecule has 1 aromatic heterocycles. The number of hydrogen-bond acceptors (Lipinski definition) is 3. The topological polar surface area (TPSA) is 42.7 Å². The summed E-state index contributed by atoms with van der Waals surface area (Å²) in [6.07, 6.45) is 8.26. The molecule has 18 heavy (non-hydrogen) atoms. The lowest BCUT2D eigenvalue weighted by atomic mass is 9.77. The van der Waals surface area contributed by atoms with Gasteiger partial charge in [0.15, 0.2) is 0 Å². The summed E-state index contributed by atoms with van der Waals surface area (Å²) in [5.41, 5.74) is 0. The summed E-state index contributed by atoms with van der Waals surface area (Å²) in [6.45, 7) is 5.48. The Kier molecular flexibility index (Phi) is 4.75. The fourth-order valence-electron chi connectivity index (χ4n) is 3.17. The first kappa shape index (κ1) is 13.5. The molecule has 0 aliphatic heterocycles. The maximum absolute atomic E-state index is 4.46. The van der Waals surface area contributed by atoms with Crippen LogP contribution in [-0.4, -0.2) is 28.4 Å². The average molecular weight is 250 g/mol. The summed E-state index contributed by atoms with van der Waals surface area (Å²) in [5, 5.41) is 7.68. The van der Waals surface area contributed by atoms with E-state index in [-0.39, 0.29) is 0 Å². The summed E-state index contributed by atoms with van der Waals surface area (Å²) in [7, 11) is 2.06. The minimum absolute atomic E-state index is 0.411. The van der Waals surface area contributed by atoms with Crippen LogP contribution in [0.4, 0.5) is 0 Å². The van der Waals surface area contributed by atoms with Crippen LogP contribution in [0.15, 0.2) is 6.33 Å². The molecule has 4 heteroatoms. The maximum atomic E-state index is 4.46. The molecule has 4 nitrogen and oxygen atoms in total. The van der Waals surface area contributed by atoms with Gasteiger partial charge in [0.25, 0.3) is 0 Å². The normalized spacial score (nSPS) is 24.7. The molecule has 1 saturated carbocycles. The minimum atomic E-state index is 0.411. The molecule has 1 fully saturated rings. The molecule has 102 valence electrons. The van der Waals surface area contributed by atoms with E-state index >= 15 is 0 Å². The molecule has 2 rings (SSSR count). The molecule has 0 amide bonds. The number of nitrogens with one attached hydrogen (secondary N) is 1. The van der Waals surface area contributed by atoms with Crippen molar-refractivity contribution in [3.63, 3.8) is 0 Å². The molecule has 1 N–H and O–H groups in total. The van der Waals surface area contributed by atoms with Gasteiger partial charge in [0.2, 0.25) is 0 Å². The minimum Gasteiger partial charge on any atom is -0.319 e. The zero-order valence-electron chi connectivity index (χ0n) is 11.9. The van der Waals surface area contributed by atoms with Gasteiger partial charge in [0.1, 0.15) is 12.2 Å². The third-order valence-electron chi connectivity index (χ3n) is 4.11. The quantitative estimate of drug-likeness (QED) is 0.872. The van der Waals surface area contributed by atoms with E-state index in [2.05, 4.69) is 41.0 Å². The van der Waals surface area contributed by atoms with E-state index in [4.69, 9.17) is 0 Å². The predicted molar refractivity (Wildman–Crippen MR) is 73.5 cm³/mol. The van der Waals surface area contributed by atoms with Gasteiger partial charge in [-0.15, -0.1) is 0 Å². The molecular weight excluding hydrogens is 224 g/mol. The Bertz CT molecular complexity index is 356. The van der Waals surface area contributed by atoms with Gasteiger partial charge < -0.3 is 5.32 Å². The Balaban J connectivity index is 2.03. The predicted octanol–water partition coefficient (Wildman–Crippen LogP) is 2.43. The smallest absolute Gasteiger partial charge is 0.138 e. The first-order valence-electron chi connectivity index (χ1n) is 7.25. The van der Waals surface area contributed by atoms with Gasteiger partial charge in [-0.3, -0.25) is 0 Å². The van der Waals surface area contributed by atoms with Crippen molar-refractivity contribution in [2.75, 3.05) is 13.6 Å². The first-order chi connectivity index (χ1) is 8.72. The van der Waals surface area contributed by atoms with Crippen LogP contribution in [0.3, 0.4) is 0 Å². The molecule has 1 aliphatic rings. The number of nitrogens with zero attached hydrogens (tertiary/aromatic N) is 3. The molecule has 1 heterocycles. The summed E-state index contributed by atoms with van der Waals surface area (Å²) in [4.78, 5) is 4.46. The Hall–Kier alpha value is -0.900. The van der Waals surface area contributed by atoms with Crippen molar-refractivity contribution >= 4 is 0 Å². The SMILES string of the molecule is CNCC1CCCCC1Cc1ncnn1C(C)C. The molecule has 2 atom stereocenters. The first-order valence-corrected chi connectivity index (χ1v) is 7.25. The molecule has 1 aromatic rings. The van der Waals surface area contributed by atoms with Crippen LogP contribution in [0.5, 0.6) is 0 Å². The molecule has 1 aliphatic carbocycles. The average Bonchev–Trinajstić information content (AvgIpc) is 2.80. The summed E-state index contributed by atoms with van der Waals surface area (Å²) in [5.74, 6) is 2.74. The number of aromatic nitrogens is 3. The second kappa shape index (κ2) is 6.32. The number of hydrogen-bond donors (Lipinski definition) is 1.